The molecule has 3 rings (SSSR count). The fourth-order valence-electron chi connectivity index (χ4n) is 3.06. The molecule has 0 aliphatic carbocycles. The van der Waals surface area contributed by atoms with E-state index in [9.17, 15) is 9.59 Å². The van der Waals surface area contributed by atoms with Gasteiger partial charge in [-0.15, -0.1) is 0 Å². The highest BCUT2D eigenvalue weighted by molar-refractivity contribution is 5.89. The summed E-state index contributed by atoms with van der Waals surface area (Å²) in [7, 11) is 0. The number of anilines is 1. The molecule has 2 unspecified atom stereocenters. The number of fused-ring (bicyclic) bond motifs is 2. The molecule has 1 aromatic heterocycles. The topological polar surface area (TPSA) is 112 Å². The zero-order chi connectivity index (χ0) is 18.9. The molecule has 2 aliphatic rings. The number of nitrogens with zero attached hydrogens (tertiary/aromatic N) is 2. The molecule has 0 amide bonds. The highest BCUT2D eigenvalue weighted by atomic mass is 16.5. The number of hydrogen-bond donors (Lipinski definition) is 3. The molecule has 2 fully saturated rings. The van der Waals surface area contributed by atoms with E-state index in [4.69, 9.17) is 14.9 Å². The minimum atomic E-state index is -1.26. The summed E-state index contributed by atoms with van der Waals surface area (Å²) in [5.74, 6) is -1.76. The highest BCUT2D eigenvalue weighted by Crippen LogP contribution is 2.26. The van der Waals surface area contributed by atoms with Crippen LogP contribution in [0, 0.1) is 0 Å². The lowest BCUT2D eigenvalue weighted by molar-refractivity contribution is -0.134. The third-order valence-electron chi connectivity index (χ3n) is 4.18. The van der Waals surface area contributed by atoms with Crippen molar-refractivity contribution < 1.29 is 24.5 Å². The first-order chi connectivity index (χ1) is 12.5. The van der Waals surface area contributed by atoms with E-state index in [1.165, 1.54) is 25.5 Å². The maximum absolute atomic E-state index is 9.55. The number of pyridine rings is 1. The molecule has 140 valence electrons. The van der Waals surface area contributed by atoms with Crippen molar-refractivity contribution in [2.24, 2.45) is 0 Å². The Hall–Kier alpha value is -2.87. The summed E-state index contributed by atoms with van der Waals surface area (Å²) in [6.45, 7) is 5.73. The molecule has 1 aromatic rings. The van der Waals surface area contributed by atoms with Gasteiger partial charge in [0.2, 0.25) is 0 Å². The Morgan fingerprint density at radius 3 is 2.54 bits per heavy atom. The summed E-state index contributed by atoms with van der Waals surface area (Å²) >= 11 is 0. The van der Waals surface area contributed by atoms with Crippen molar-refractivity contribution in [3.8, 4) is 5.75 Å². The zero-order valence-corrected chi connectivity index (χ0v) is 14.4. The molecule has 2 aliphatic heterocycles. The van der Waals surface area contributed by atoms with Crippen molar-refractivity contribution in [3.05, 3.63) is 43.5 Å². The molecule has 2 bridgehead atoms. The van der Waals surface area contributed by atoms with Gasteiger partial charge in [0.15, 0.2) is 0 Å². The van der Waals surface area contributed by atoms with Crippen molar-refractivity contribution in [2.45, 2.75) is 31.3 Å². The summed E-state index contributed by atoms with van der Waals surface area (Å²) in [5.41, 5.74) is 1.14. The average Bonchev–Trinajstić information content (AvgIpc) is 2.93. The van der Waals surface area contributed by atoms with Crippen molar-refractivity contribution >= 4 is 17.6 Å². The van der Waals surface area contributed by atoms with Crippen LogP contribution in [-0.4, -0.2) is 52.3 Å². The second-order valence-corrected chi connectivity index (χ2v) is 6.05. The van der Waals surface area contributed by atoms with Gasteiger partial charge in [0.1, 0.15) is 5.75 Å². The largest absolute Gasteiger partial charge is 0.478 e. The summed E-state index contributed by atoms with van der Waals surface area (Å²) in [6.07, 6.45) is 10.0. The first-order valence-corrected chi connectivity index (χ1v) is 8.35. The van der Waals surface area contributed by atoms with Gasteiger partial charge >= 0.3 is 11.9 Å². The van der Waals surface area contributed by atoms with Crippen LogP contribution in [0.25, 0.3) is 0 Å². The van der Waals surface area contributed by atoms with E-state index in [-0.39, 0.29) is 0 Å². The predicted octanol–water partition coefficient (Wildman–Crippen LogP) is 1.65. The van der Waals surface area contributed by atoms with Gasteiger partial charge in [-0.05, 0) is 19.3 Å². The van der Waals surface area contributed by atoms with Crippen LogP contribution in [0.2, 0.25) is 0 Å². The average molecular weight is 361 g/mol. The van der Waals surface area contributed by atoms with Crippen LogP contribution in [0.15, 0.2) is 43.5 Å². The molecule has 8 nitrogen and oxygen atoms in total. The van der Waals surface area contributed by atoms with Crippen molar-refractivity contribution in [2.75, 3.05) is 18.0 Å². The van der Waals surface area contributed by atoms with Crippen LogP contribution in [-0.2, 0) is 9.59 Å². The number of carboxylic acids is 2. The molecule has 0 aromatic carbocycles. The fourth-order valence-corrected chi connectivity index (χ4v) is 3.06. The maximum Gasteiger partial charge on any atom is 0.328 e. The van der Waals surface area contributed by atoms with E-state index in [1.807, 2.05) is 12.3 Å². The van der Waals surface area contributed by atoms with Crippen LogP contribution in [0.4, 0.5) is 5.69 Å². The van der Waals surface area contributed by atoms with Gasteiger partial charge in [-0.2, -0.15) is 0 Å². The first-order valence-electron chi connectivity index (χ1n) is 8.35. The highest BCUT2D eigenvalue weighted by Gasteiger charge is 2.29. The third kappa shape index (κ3) is 6.21. The van der Waals surface area contributed by atoms with Gasteiger partial charge < -0.3 is 25.2 Å². The van der Waals surface area contributed by atoms with Crippen LogP contribution in [0.1, 0.15) is 19.3 Å². The molecule has 3 N–H and O–H groups in total. The fraction of sp³-hybridized carbons (Fsp3) is 0.389. The van der Waals surface area contributed by atoms with Crippen molar-refractivity contribution in [1.29, 1.82) is 0 Å². The minimum absolute atomic E-state index is 0.558. The minimum Gasteiger partial charge on any atom is -0.478 e. The van der Waals surface area contributed by atoms with Gasteiger partial charge in [0, 0.05) is 43.4 Å². The number of hydrogen-bond acceptors (Lipinski definition) is 6. The number of carboxylic acid groups (broad SMARTS) is 2. The van der Waals surface area contributed by atoms with Crippen LogP contribution < -0.4 is 15.0 Å². The lowest BCUT2D eigenvalue weighted by Crippen LogP contribution is -2.35. The number of aliphatic carboxylic acids is 2. The molecule has 0 saturated carbocycles. The number of ether oxygens (including phenoxy) is 1. The molecule has 3 heterocycles. The first kappa shape index (κ1) is 19.5. The second-order valence-electron chi connectivity index (χ2n) is 6.05. The SMILES string of the molecule is C=COc1cncc(N2CCC3CCC(C2)N3)c1.O=C(O)/C=C/C(=O)O. The van der Waals surface area contributed by atoms with Crippen LogP contribution in [0.5, 0.6) is 5.75 Å². The molecule has 26 heavy (non-hydrogen) atoms. The summed E-state index contributed by atoms with van der Waals surface area (Å²) < 4.78 is 5.29. The van der Waals surface area contributed by atoms with E-state index < -0.39 is 11.9 Å². The molecule has 2 saturated heterocycles. The Labute approximate surface area is 151 Å². The number of rotatable bonds is 5. The third-order valence-corrected chi connectivity index (χ3v) is 4.18. The van der Waals surface area contributed by atoms with Crippen LogP contribution >= 0.6 is 0 Å². The predicted molar refractivity (Wildman–Crippen MR) is 96.2 cm³/mol. The molecular formula is C18H23N3O5. The molecule has 8 heteroatoms. The lowest BCUT2D eigenvalue weighted by Gasteiger charge is -2.26. The van der Waals surface area contributed by atoms with Gasteiger partial charge in [-0.3, -0.25) is 4.98 Å². The summed E-state index contributed by atoms with van der Waals surface area (Å²) in [4.78, 5) is 25.7. The Bertz CT molecular complexity index is 661. The molecule has 0 spiro atoms. The summed E-state index contributed by atoms with van der Waals surface area (Å²) in [6, 6.07) is 3.37. The van der Waals surface area contributed by atoms with Gasteiger partial charge in [-0.1, -0.05) is 6.58 Å². The lowest BCUT2D eigenvalue weighted by atomic mass is 10.1. The van der Waals surface area contributed by atoms with E-state index in [2.05, 4.69) is 21.8 Å². The van der Waals surface area contributed by atoms with E-state index in [1.54, 1.807) is 6.20 Å². The van der Waals surface area contributed by atoms with E-state index >= 15 is 0 Å². The van der Waals surface area contributed by atoms with Gasteiger partial charge in [0.05, 0.1) is 24.3 Å². The quantitative estimate of drug-likeness (QED) is 0.536. The van der Waals surface area contributed by atoms with E-state index in [0.29, 0.717) is 24.2 Å². The molecule has 2 atom stereocenters. The van der Waals surface area contributed by atoms with Gasteiger partial charge in [-0.25, -0.2) is 9.59 Å². The smallest absolute Gasteiger partial charge is 0.328 e. The standard InChI is InChI=1S/C14H19N3O.C4H4O4/c1-2-18-14-7-13(8-15-9-14)17-6-5-11-3-4-12(10-17)16-11;5-3(6)1-2-4(7)8/h2,7-9,11-12,16H,1,3-6,10H2;1-2H,(H,5,6)(H,7,8)/b;2-1+. The number of carbonyl (C=O) groups is 2. The summed E-state index contributed by atoms with van der Waals surface area (Å²) in [5, 5.41) is 19.3. The Morgan fingerprint density at radius 2 is 1.88 bits per heavy atom. The molecular weight excluding hydrogens is 338 g/mol. The normalized spacial score (nSPS) is 21.5. The second kappa shape index (κ2) is 9.57. The van der Waals surface area contributed by atoms with Crippen LogP contribution in [0.3, 0.4) is 0 Å². The van der Waals surface area contributed by atoms with Gasteiger partial charge in [0.25, 0.3) is 0 Å². The monoisotopic (exact) mass is 361 g/mol. The molecule has 0 radical (unpaired) electrons. The van der Waals surface area contributed by atoms with E-state index in [0.717, 1.165) is 24.5 Å². The number of aromatic nitrogens is 1. The Morgan fingerprint density at radius 1 is 1.19 bits per heavy atom. The van der Waals surface area contributed by atoms with Crippen molar-refractivity contribution in [1.82, 2.24) is 10.3 Å². The Balaban J connectivity index is 0.000000260. The maximum atomic E-state index is 9.55. The Kier molecular flexibility index (Phi) is 7.16. The number of nitrogens with one attached hydrogen (secondary N) is 1. The zero-order valence-electron chi connectivity index (χ0n) is 14.4. The van der Waals surface area contributed by atoms with Crippen molar-refractivity contribution in [3.63, 3.8) is 0 Å².